The number of ketones is 1. The minimum Gasteiger partial charge on any atom is -0.456 e. The molecule has 6 heteroatoms. The third-order valence-corrected chi connectivity index (χ3v) is 4.27. The minimum absolute atomic E-state index is 0.143. The molecule has 0 bridgehead atoms. The molecule has 130 valence electrons. The molecule has 25 heavy (non-hydrogen) atoms. The summed E-state index contributed by atoms with van der Waals surface area (Å²) in [5.41, 5.74) is 0.250. The van der Waals surface area contributed by atoms with Crippen molar-refractivity contribution in [3.8, 4) is 11.5 Å². The van der Waals surface area contributed by atoms with E-state index in [1.54, 1.807) is 24.1 Å². The van der Waals surface area contributed by atoms with E-state index in [1.165, 1.54) is 30.5 Å². The van der Waals surface area contributed by atoms with Crippen molar-refractivity contribution in [3.05, 3.63) is 54.1 Å². The molecule has 2 aromatic rings. The van der Waals surface area contributed by atoms with Gasteiger partial charge in [0.1, 0.15) is 28.9 Å². The molecule has 0 spiro atoms. The number of halogens is 1. The van der Waals surface area contributed by atoms with Gasteiger partial charge < -0.3 is 9.64 Å². The maximum atomic E-state index is 12.9. The van der Waals surface area contributed by atoms with Crippen molar-refractivity contribution in [2.75, 3.05) is 13.6 Å². The van der Waals surface area contributed by atoms with Gasteiger partial charge in [0.2, 0.25) is 5.91 Å². The van der Waals surface area contributed by atoms with E-state index in [1.807, 2.05) is 0 Å². The van der Waals surface area contributed by atoms with Crippen LogP contribution in [-0.4, -0.2) is 35.2 Å². The summed E-state index contributed by atoms with van der Waals surface area (Å²) in [4.78, 5) is 30.7. The summed E-state index contributed by atoms with van der Waals surface area (Å²) >= 11 is 0. The molecule has 1 fully saturated rings. The molecule has 1 aromatic heterocycles. The number of carbonyl (C=O) groups excluding carboxylic acids is 2. The van der Waals surface area contributed by atoms with Gasteiger partial charge in [-0.3, -0.25) is 9.59 Å². The molecule has 0 saturated carbocycles. The number of amides is 1. The number of rotatable bonds is 4. The average molecular weight is 342 g/mol. The smallest absolute Gasteiger partial charge is 0.233 e. The molecule has 0 N–H and O–H groups in total. The largest absolute Gasteiger partial charge is 0.456 e. The van der Waals surface area contributed by atoms with Crippen LogP contribution >= 0.6 is 0 Å². The standard InChI is InChI=1S/C19H19FN2O3/c1-22-11-3-2-4-16(19(22)24)18(23)17-10-9-15(12-21-17)25-14-7-5-13(20)6-8-14/h5-10,12,16H,2-4,11H2,1H3. The van der Waals surface area contributed by atoms with E-state index in [-0.39, 0.29) is 23.2 Å². The van der Waals surface area contributed by atoms with Crippen molar-refractivity contribution >= 4 is 11.7 Å². The lowest BCUT2D eigenvalue weighted by Crippen LogP contribution is -2.35. The van der Waals surface area contributed by atoms with Crippen LogP contribution in [0.1, 0.15) is 29.8 Å². The number of hydrogen-bond donors (Lipinski definition) is 0. The lowest BCUT2D eigenvalue weighted by molar-refractivity contribution is -0.132. The molecule has 1 saturated heterocycles. The van der Waals surface area contributed by atoms with Gasteiger partial charge in [0, 0.05) is 13.6 Å². The second-order valence-corrected chi connectivity index (χ2v) is 6.11. The van der Waals surface area contributed by atoms with Crippen molar-refractivity contribution in [3.63, 3.8) is 0 Å². The van der Waals surface area contributed by atoms with Crippen LogP contribution in [0.3, 0.4) is 0 Å². The van der Waals surface area contributed by atoms with Crippen molar-refractivity contribution in [2.24, 2.45) is 5.92 Å². The van der Waals surface area contributed by atoms with Gasteiger partial charge >= 0.3 is 0 Å². The Morgan fingerprint density at radius 3 is 2.56 bits per heavy atom. The van der Waals surface area contributed by atoms with Crippen molar-refractivity contribution in [2.45, 2.75) is 19.3 Å². The van der Waals surface area contributed by atoms with Gasteiger partial charge in [0.15, 0.2) is 5.78 Å². The molecule has 1 atom stereocenters. The van der Waals surface area contributed by atoms with E-state index < -0.39 is 5.92 Å². The summed E-state index contributed by atoms with van der Waals surface area (Å²) < 4.78 is 18.5. The number of pyridine rings is 1. The molecular weight excluding hydrogens is 323 g/mol. The van der Waals surface area contributed by atoms with Crippen LogP contribution in [-0.2, 0) is 4.79 Å². The van der Waals surface area contributed by atoms with Gasteiger partial charge in [0.25, 0.3) is 0 Å². The highest BCUT2D eigenvalue weighted by atomic mass is 19.1. The van der Waals surface area contributed by atoms with Gasteiger partial charge in [-0.05, 0) is 49.2 Å². The van der Waals surface area contributed by atoms with E-state index in [0.29, 0.717) is 24.5 Å². The number of nitrogens with zero attached hydrogens (tertiary/aromatic N) is 2. The van der Waals surface area contributed by atoms with E-state index in [9.17, 15) is 14.0 Å². The molecular formula is C19H19FN2O3. The Labute approximate surface area is 145 Å². The van der Waals surface area contributed by atoms with Crippen LogP contribution in [0.15, 0.2) is 42.6 Å². The third-order valence-electron chi connectivity index (χ3n) is 4.27. The first-order chi connectivity index (χ1) is 12.0. The third kappa shape index (κ3) is 4.02. The zero-order chi connectivity index (χ0) is 17.8. The second-order valence-electron chi connectivity index (χ2n) is 6.11. The molecule has 1 aliphatic heterocycles. The first kappa shape index (κ1) is 17.1. The average Bonchev–Trinajstić information content (AvgIpc) is 2.79. The summed E-state index contributed by atoms with van der Waals surface area (Å²) in [7, 11) is 1.72. The van der Waals surface area contributed by atoms with Gasteiger partial charge in [0.05, 0.1) is 6.20 Å². The fourth-order valence-corrected chi connectivity index (χ4v) is 2.84. The highest BCUT2D eigenvalue weighted by Gasteiger charge is 2.32. The monoisotopic (exact) mass is 342 g/mol. The Bertz CT molecular complexity index is 759. The highest BCUT2D eigenvalue weighted by molar-refractivity contribution is 6.09. The summed E-state index contributed by atoms with van der Waals surface area (Å²) in [5.74, 6) is -0.494. The van der Waals surface area contributed by atoms with Gasteiger partial charge in [-0.2, -0.15) is 0 Å². The number of carbonyl (C=O) groups is 2. The molecule has 5 nitrogen and oxygen atoms in total. The topological polar surface area (TPSA) is 59.5 Å². The fourth-order valence-electron chi connectivity index (χ4n) is 2.84. The molecule has 2 heterocycles. The number of Topliss-reactive ketones (excluding diaryl/α,β-unsaturated/α-hetero) is 1. The zero-order valence-corrected chi connectivity index (χ0v) is 13.9. The Balaban J connectivity index is 1.71. The van der Waals surface area contributed by atoms with Crippen LogP contribution in [0.25, 0.3) is 0 Å². The summed E-state index contributed by atoms with van der Waals surface area (Å²) in [6.07, 6.45) is 3.74. The quantitative estimate of drug-likeness (QED) is 0.631. The first-order valence-electron chi connectivity index (χ1n) is 8.23. The van der Waals surface area contributed by atoms with E-state index in [0.717, 1.165) is 12.8 Å². The maximum Gasteiger partial charge on any atom is 0.233 e. The minimum atomic E-state index is -0.663. The predicted molar refractivity (Wildman–Crippen MR) is 90.0 cm³/mol. The highest BCUT2D eigenvalue weighted by Crippen LogP contribution is 2.24. The summed E-state index contributed by atoms with van der Waals surface area (Å²) in [6.45, 7) is 0.681. The summed E-state index contributed by atoms with van der Waals surface area (Å²) in [5, 5.41) is 0. The van der Waals surface area contributed by atoms with Crippen molar-refractivity contribution < 1.29 is 18.7 Å². The normalized spacial score (nSPS) is 17.9. The van der Waals surface area contributed by atoms with Crippen LogP contribution in [0, 0.1) is 11.7 Å². The Morgan fingerprint density at radius 1 is 1.16 bits per heavy atom. The number of aromatic nitrogens is 1. The van der Waals surface area contributed by atoms with E-state index >= 15 is 0 Å². The second kappa shape index (κ2) is 7.42. The van der Waals surface area contributed by atoms with Crippen LogP contribution < -0.4 is 4.74 Å². The van der Waals surface area contributed by atoms with Gasteiger partial charge in [-0.1, -0.05) is 6.42 Å². The van der Waals surface area contributed by atoms with Crippen LogP contribution in [0.2, 0.25) is 0 Å². The molecule has 0 radical (unpaired) electrons. The number of benzene rings is 1. The summed E-state index contributed by atoms with van der Waals surface area (Å²) in [6, 6.07) is 8.79. The number of ether oxygens (including phenoxy) is 1. The Kier molecular flexibility index (Phi) is 5.07. The molecule has 1 amide bonds. The Morgan fingerprint density at radius 2 is 1.88 bits per heavy atom. The van der Waals surface area contributed by atoms with Crippen molar-refractivity contribution in [1.29, 1.82) is 0 Å². The molecule has 1 aromatic carbocycles. The van der Waals surface area contributed by atoms with Crippen molar-refractivity contribution in [1.82, 2.24) is 9.88 Å². The first-order valence-corrected chi connectivity index (χ1v) is 8.23. The maximum absolute atomic E-state index is 12.9. The van der Waals surface area contributed by atoms with E-state index in [4.69, 9.17) is 4.74 Å². The van der Waals surface area contributed by atoms with E-state index in [2.05, 4.69) is 4.98 Å². The van der Waals surface area contributed by atoms with Crippen LogP contribution in [0.5, 0.6) is 11.5 Å². The molecule has 0 aliphatic carbocycles. The lowest BCUT2D eigenvalue weighted by atomic mass is 9.95. The molecule has 1 unspecified atom stereocenters. The fraction of sp³-hybridized carbons (Fsp3) is 0.316. The molecule has 1 aliphatic rings. The Hall–Kier alpha value is -2.76. The zero-order valence-electron chi connectivity index (χ0n) is 13.9. The predicted octanol–water partition coefficient (Wildman–Crippen LogP) is 3.45. The van der Waals surface area contributed by atoms with Crippen LogP contribution in [0.4, 0.5) is 4.39 Å². The number of likely N-dealkylation sites (tertiary alicyclic amines) is 1. The lowest BCUT2D eigenvalue weighted by Gasteiger charge is -2.18. The SMILES string of the molecule is CN1CCCCC(C(=O)c2ccc(Oc3ccc(F)cc3)cn2)C1=O. The number of hydrogen-bond acceptors (Lipinski definition) is 4. The van der Waals surface area contributed by atoms with Gasteiger partial charge in [-0.15, -0.1) is 0 Å². The van der Waals surface area contributed by atoms with Gasteiger partial charge in [-0.25, -0.2) is 9.37 Å². The molecule has 3 rings (SSSR count).